The Kier molecular flexibility index (Phi) is 5.85. The van der Waals surface area contributed by atoms with Crippen LogP contribution in [0.3, 0.4) is 0 Å². The van der Waals surface area contributed by atoms with Crippen LogP contribution in [0.1, 0.15) is 18.1 Å². The molecule has 0 saturated carbocycles. The molecule has 21 heavy (non-hydrogen) atoms. The Labute approximate surface area is 133 Å². The molecule has 0 fully saturated rings. The van der Waals surface area contributed by atoms with Gasteiger partial charge in [0, 0.05) is 22.2 Å². The first-order chi connectivity index (χ1) is 10.1. The summed E-state index contributed by atoms with van der Waals surface area (Å²) in [7, 11) is 0. The van der Waals surface area contributed by atoms with E-state index in [0.29, 0.717) is 16.6 Å². The molecule has 0 aliphatic rings. The van der Waals surface area contributed by atoms with Crippen LogP contribution in [0.2, 0.25) is 10.0 Å². The van der Waals surface area contributed by atoms with Gasteiger partial charge in [0.25, 0.3) is 0 Å². The Morgan fingerprint density at radius 2 is 1.95 bits per heavy atom. The topological polar surface area (TPSA) is 21.3 Å². The molecule has 0 amide bonds. The molecule has 5 heteroatoms. The lowest BCUT2D eigenvalue weighted by Crippen LogP contribution is -2.11. The van der Waals surface area contributed by atoms with E-state index in [1.165, 1.54) is 6.07 Å². The van der Waals surface area contributed by atoms with Crippen molar-refractivity contribution in [1.29, 1.82) is 0 Å². The third kappa shape index (κ3) is 4.60. The lowest BCUT2D eigenvalue weighted by atomic mass is 10.2. The Morgan fingerprint density at radius 3 is 2.67 bits per heavy atom. The van der Waals surface area contributed by atoms with Gasteiger partial charge in [0.2, 0.25) is 0 Å². The van der Waals surface area contributed by atoms with Crippen molar-refractivity contribution >= 4 is 23.2 Å². The second-order valence-electron chi connectivity index (χ2n) is 4.57. The van der Waals surface area contributed by atoms with Crippen molar-refractivity contribution in [2.45, 2.75) is 20.1 Å². The zero-order chi connectivity index (χ0) is 15.2. The minimum atomic E-state index is -0.386. The summed E-state index contributed by atoms with van der Waals surface area (Å²) in [5.41, 5.74) is 1.60. The zero-order valence-corrected chi connectivity index (χ0v) is 13.1. The van der Waals surface area contributed by atoms with E-state index in [1.807, 2.05) is 13.0 Å². The molecule has 0 aliphatic carbocycles. The van der Waals surface area contributed by atoms with Gasteiger partial charge >= 0.3 is 0 Å². The molecule has 0 aromatic heterocycles. The average Bonchev–Trinajstić information content (AvgIpc) is 2.47. The minimum absolute atomic E-state index is 0.170. The predicted octanol–water partition coefficient (Wildman–Crippen LogP) is 4.82. The number of rotatable bonds is 6. The summed E-state index contributed by atoms with van der Waals surface area (Å²) in [4.78, 5) is 0. The minimum Gasteiger partial charge on any atom is -0.486 e. The molecule has 2 aromatic carbocycles. The first-order valence-electron chi connectivity index (χ1n) is 6.66. The monoisotopic (exact) mass is 327 g/mol. The Bertz CT molecular complexity index is 619. The zero-order valence-electron chi connectivity index (χ0n) is 11.6. The molecule has 0 spiro atoms. The SMILES string of the molecule is CCNCc1ccc(OCc2cc(Cl)ccc2Cl)c(F)c1. The first kappa shape index (κ1) is 16.1. The molecule has 0 saturated heterocycles. The van der Waals surface area contributed by atoms with Crippen LogP contribution in [0.25, 0.3) is 0 Å². The molecule has 0 radical (unpaired) electrons. The molecule has 1 N–H and O–H groups in total. The molecule has 2 rings (SSSR count). The van der Waals surface area contributed by atoms with Crippen molar-refractivity contribution in [2.24, 2.45) is 0 Å². The number of hydrogen-bond acceptors (Lipinski definition) is 2. The van der Waals surface area contributed by atoms with Gasteiger partial charge in [0.15, 0.2) is 11.6 Å². The standard InChI is InChI=1S/C16H16Cl2FNO/c1-2-20-9-11-3-6-16(15(19)7-11)21-10-12-8-13(17)4-5-14(12)18/h3-8,20H,2,9-10H2,1H3. The largest absolute Gasteiger partial charge is 0.486 e. The van der Waals surface area contributed by atoms with Gasteiger partial charge in [0.1, 0.15) is 6.61 Å². The Morgan fingerprint density at radius 1 is 1.14 bits per heavy atom. The number of hydrogen-bond donors (Lipinski definition) is 1. The quantitative estimate of drug-likeness (QED) is 0.821. The van der Waals surface area contributed by atoms with Gasteiger partial charge < -0.3 is 10.1 Å². The summed E-state index contributed by atoms with van der Waals surface area (Å²) in [5, 5.41) is 4.26. The van der Waals surface area contributed by atoms with Crippen LogP contribution < -0.4 is 10.1 Å². The second-order valence-corrected chi connectivity index (χ2v) is 5.41. The van der Waals surface area contributed by atoms with Crippen molar-refractivity contribution in [3.8, 4) is 5.75 Å². The first-order valence-corrected chi connectivity index (χ1v) is 7.41. The molecular weight excluding hydrogens is 312 g/mol. The highest BCUT2D eigenvalue weighted by atomic mass is 35.5. The summed E-state index contributed by atoms with van der Waals surface area (Å²) in [6.45, 7) is 3.65. The van der Waals surface area contributed by atoms with Crippen LogP contribution in [0.5, 0.6) is 5.75 Å². The van der Waals surface area contributed by atoms with Crippen molar-refractivity contribution in [1.82, 2.24) is 5.32 Å². The predicted molar refractivity (Wildman–Crippen MR) is 84.6 cm³/mol. The summed E-state index contributed by atoms with van der Waals surface area (Å²) >= 11 is 11.9. The van der Waals surface area contributed by atoms with Crippen LogP contribution >= 0.6 is 23.2 Å². The molecule has 0 bridgehead atoms. The Hall–Kier alpha value is -1.29. The second kappa shape index (κ2) is 7.64. The van der Waals surface area contributed by atoms with Crippen LogP contribution in [0.4, 0.5) is 4.39 Å². The molecular formula is C16H16Cl2FNO. The van der Waals surface area contributed by atoms with Gasteiger partial charge in [-0.15, -0.1) is 0 Å². The maximum Gasteiger partial charge on any atom is 0.165 e. The lowest BCUT2D eigenvalue weighted by Gasteiger charge is -2.10. The van der Waals surface area contributed by atoms with Crippen LogP contribution in [0.15, 0.2) is 36.4 Å². The fourth-order valence-corrected chi connectivity index (χ4v) is 2.22. The smallest absolute Gasteiger partial charge is 0.165 e. The van der Waals surface area contributed by atoms with E-state index < -0.39 is 0 Å². The number of ether oxygens (including phenoxy) is 1. The van der Waals surface area contributed by atoms with Gasteiger partial charge in [-0.05, 0) is 42.4 Å². The number of benzene rings is 2. The number of nitrogens with one attached hydrogen (secondary N) is 1. The molecule has 0 heterocycles. The van der Waals surface area contributed by atoms with Gasteiger partial charge in [-0.2, -0.15) is 0 Å². The van der Waals surface area contributed by atoms with Crippen LogP contribution in [-0.2, 0) is 13.2 Å². The normalized spacial score (nSPS) is 10.7. The fraction of sp³-hybridized carbons (Fsp3) is 0.250. The van der Waals surface area contributed by atoms with E-state index in [2.05, 4.69) is 5.32 Å². The van der Waals surface area contributed by atoms with Gasteiger partial charge in [-0.1, -0.05) is 36.2 Å². The van der Waals surface area contributed by atoms with E-state index in [1.54, 1.807) is 24.3 Å². The molecule has 0 unspecified atom stereocenters. The molecule has 112 valence electrons. The summed E-state index contributed by atoms with van der Waals surface area (Å²) in [6, 6.07) is 10.0. The molecule has 2 nitrogen and oxygen atoms in total. The third-order valence-electron chi connectivity index (χ3n) is 2.97. The highest BCUT2D eigenvalue weighted by Crippen LogP contribution is 2.24. The third-order valence-corrected chi connectivity index (χ3v) is 3.57. The highest BCUT2D eigenvalue weighted by molar-refractivity contribution is 6.33. The van der Waals surface area contributed by atoms with Gasteiger partial charge in [-0.3, -0.25) is 0 Å². The van der Waals surface area contributed by atoms with Crippen molar-refractivity contribution in [3.05, 3.63) is 63.4 Å². The van der Waals surface area contributed by atoms with Crippen molar-refractivity contribution in [3.63, 3.8) is 0 Å². The van der Waals surface area contributed by atoms with Gasteiger partial charge in [0.05, 0.1) is 0 Å². The van der Waals surface area contributed by atoms with Crippen LogP contribution in [-0.4, -0.2) is 6.54 Å². The van der Waals surface area contributed by atoms with Crippen molar-refractivity contribution < 1.29 is 9.13 Å². The molecule has 2 aromatic rings. The fourth-order valence-electron chi connectivity index (χ4n) is 1.85. The molecule has 0 aliphatic heterocycles. The van der Waals surface area contributed by atoms with E-state index in [9.17, 15) is 4.39 Å². The van der Waals surface area contributed by atoms with E-state index >= 15 is 0 Å². The van der Waals surface area contributed by atoms with Crippen molar-refractivity contribution in [2.75, 3.05) is 6.54 Å². The van der Waals surface area contributed by atoms with E-state index in [-0.39, 0.29) is 18.2 Å². The lowest BCUT2D eigenvalue weighted by molar-refractivity contribution is 0.290. The van der Waals surface area contributed by atoms with Crippen LogP contribution in [0, 0.1) is 5.82 Å². The number of halogens is 3. The average molecular weight is 328 g/mol. The van der Waals surface area contributed by atoms with E-state index in [4.69, 9.17) is 27.9 Å². The Balaban J connectivity index is 2.04. The van der Waals surface area contributed by atoms with Gasteiger partial charge in [-0.25, -0.2) is 4.39 Å². The summed E-state index contributed by atoms with van der Waals surface area (Å²) in [6.07, 6.45) is 0. The maximum absolute atomic E-state index is 13.9. The summed E-state index contributed by atoms with van der Waals surface area (Å²) in [5.74, 6) is -0.185. The maximum atomic E-state index is 13.9. The highest BCUT2D eigenvalue weighted by Gasteiger charge is 2.07. The van der Waals surface area contributed by atoms with E-state index in [0.717, 1.165) is 17.7 Å². The summed E-state index contributed by atoms with van der Waals surface area (Å²) < 4.78 is 19.4. The molecule has 0 atom stereocenters.